The summed E-state index contributed by atoms with van der Waals surface area (Å²) in [5.41, 5.74) is -0.731. The summed E-state index contributed by atoms with van der Waals surface area (Å²) in [5.74, 6) is -1.30. The minimum Gasteiger partial charge on any atom is -0.302 e. The topological polar surface area (TPSA) is 45.2 Å². The molecule has 1 aliphatic rings. The van der Waals surface area contributed by atoms with Crippen LogP contribution in [0.15, 0.2) is 18.2 Å². The number of anilines is 1. The molecule has 1 aromatic carbocycles. The Morgan fingerprint density at radius 2 is 2.07 bits per heavy atom. The van der Waals surface area contributed by atoms with Crippen LogP contribution in [0.1, 0.15) is 43.6 Å². The Morgan fingerprint density at radius 3 is 2.71 bits per heavy atom. The first-order valence-electron chi connectivity index (χ1n) is 9.03. The van der Waals surface area contributed by atoms with Crippen molar-refractivity contribution < 1.29 is 22.4 Å². The number of alkyl halides is 3. The van der Waals surface area contributed by atoms with Crippen LogP contribution in [-0.4, -0.2) is 28.4 Å². The molecule has 3 rings (SSSR count). The Bertz CT molecular complexity index is 865. The van der Waals surface area contributed by atoms with E-state index in [-0.39, 0.29) is 17.2 Å². The lowest BCUT2D eigenvalue weighted by Crippen LogP contribution is -2.36. The lowest BCUT2D eigenvalue weighted by atomic mass is 10.0. The number of aromatic nitrogens is 1. The first-order chi connectivity index (χ1) is 13.1. The summed E-state index contributed by atoms with van der Waals surface area (Å²) < 4.78 is 53.3. The standard InChI is InChI=1S/C19H21F4N3OS/c1-11-5-3-4-6-26(11)10-16-17(25-18(28-16)24-12(2)27)13-7-14(19(21,22)23)9-15(20)8-13/h7-9,11H,3-6,10H2,1-2H3,(H,24,25,27)/t11-/m1/s1. The summed E-state index contributed by atoms with van der Waals surface area (Å²) in [6, 6.07) is 2.76. The summed E-state index contributed by atoms with van der Waals surface area (Å²) in [6.45, 7) is 4.81. The number of carbonyl (C=O) groups is 1. The molecule has 0 radical (unpaired) electrons. The summed E-state index contributed by atoms with van der Waals surface area (Å²) in [6.07, 6.45) is -1.42. The molecule has 152 valence electrons. The van der Waals surface area contributed by atoms with Gasteiger partial charge in [0, 0.05) is 30.0 Å². The fourth-order valence-electron chi connectivity index (χ4n) is 3.36. The molecule has 2 heterocycles. The number of nitrogens with one attached hydrogen (secondary N) is 1. The van der Waals surface area contributed by atoms with Gasteiger partial charge in [-0.05, 0) is 44.5 Å². The van der Waals surface area contributed by atoms with Crippen molar-refractivity contribution in [3.05, 3.63) is 34.5 Å². The lowest BCUT2D eigenvalue weighted by molar-refractivity contribution is -0.137. The van der Waals surface area contributed by atoms with Crippen molar-refractivity contribution in [3.8, 4) is 11.3 Å². The largest absolute Gasteiger partial charge is 0.416 e. The molecular weight excluding hydrogens is 394 g/mol. The zero-order valence-electron chi connectivity index (χ0n) is 15.6. The van der Waals surface area contributed by atoms with Gasteiger partial charge in [-0.3, -0.25) is 9.69 Å². The molecule has 0 unspecified atom stereocenters. The first-order valence-corrected chi connectivity index (χ1v) is 9.84. The second-order valence-corrected chi connectivity index (χ2v) is 8.10. The molecule has 0 bridgehead atoms. The van der Waals surface area contributed by atoms with E-state index in [1.165, 1.54) is 18.3 Å². The number of benzene rings is 1. The number of likely N-dealkylation sites (tertiary alicyclic amines) is 1. The number of carbonyl (C=O) groups excluding carboxylic acids is 1. The van der Waals surface area contributed by atoms with Crippen molar-refractivity contribution in [2.75, 3.05) is 11.9 Å². The van der Waals surface area contributed by atoms with Crippen LogP contribution in [0.3, 0.4) is 0 Å². The molecule has 1 fully saturated rings. The van der Waals surface area contributed by atoms with Gasteiger partial charge in [-0.2, -0.15) is 13.2 Å². The fraction of sp³-hybridized carbons (Fsp3) is 0.474. The third-order valence-corrected chi connectivity index (χ3v) is 5.72. The molecule has 9 heteroatoms. The summed E-state index contributed by atoms with van der Waals surface area (Å²) in [4.78, 5) is 18.6. The molecule has 4 nitrogen and oxygen atoms in total. The van der Waals surface area contributed by atoms with E-state index in [2.05, 4.69) is 22.1 Å². The van der Waals surface area contributed by atoms with Gasteiger partial charge < -0.3 is 5.32 Å². The number of halogens is 4. The summed E-state index contributed by atoms with van der Waals surface area (Å²) in [7, 11) is 0. The Kier molecular flexibility index (Phi) is 6.04. The minimum atomic E-state index is -4.66. The zero-order valence-corrected chi connectivity index (χ0v) is 16.4. The predicted octanol–water partition coefficient (Wildman–Crippen LogP) is 5.30. The van der Waals surface area contributed by atoms with Crippen LogP contribution in [0, 0.1) is 5.82 Å². The Labute approximate surface area is 164 Å². The van der Waals surface area contributed by atoms with E-state index < -0.39 is 17.6 Å². The second-order valence-electron chi connectivity index (χ2n) is 7.01. The second kappa shape index (κ2) is 8.16. The third kappa shape index (κ3) is 4.88. The SMILES string of the molecule is CC(=O)Nc1nc(-c2cc(F)cc(C(F)(F)F)c2)c(CN2CCCC[C@H]2C)s1. The number of amides is 1. The average molecular weight is 415 g/mol. The predicted molar refractivity (Wildman–Crippen MR) is 101 cm³/mol. The molecule has 2 aromatic rings. The minimum absolute atomic E-state index is 0.0554. The Balaban J connectivity index is 2.02. The maximum atomic E-state index is 13.9. The van der Waals surface area contributed by atoms with Crippen LogP contribution in [0.25, 0.3) is 11.3 Å². The molecule has 1 saturated heterocycles. The fourth-order valence-corrected chi connectivity index (χ4v) is 4.41. The van der Waals surface area contributed by atoms with E-state index in [0.29, 0.717) is 28.7 Å². The van der Waals surface area contributed by atoms with E-state index in [9.17, 15) is 22.4 Å². The van der Waals surface area contributed by atoms with Crippen LogP contribution in [-0.2, 0) is 17.5 Å². The van der Waals surface area contributed by atoms with Crippen LogP contribution >= 0.6 is 11.3 Å². The molecular formula is C19H21F4N3OS. The van der Waals surface area contributed by atoms with E-state index in [0.717, 1.165) is 37.9 Å². The first kappa shape index (κ1) is 20.7. The van der Waals surface area contributed by atoms with Gasteiger partial charge in [0.15, 0.2) is 5.13 Å². The number of thiazole rings is 1. The normalized spacial score (nSPS) is 18.3. The van der Waals surface area contributed by atoms with Gasteiger partial charge in [-0.15, -0.1) is 0 Å². The highest BCUT2D eigenvalue weighted by Gasteiger charge is 2.32. The smallest absolute Gasteiger partial charge is 0.302 e. The number of hydrogen-bond donors (Lipinski definition) is 1. The van der Waals surface area contributed by atoms with E-state index in [4.69, 9.17) is 0 Å². The van der Waals surface area contributed by atoms with Gasteiger partial charge >= 0.3 is 6.18 Å². The van der Waals surface area contributed by atoms with Gasteiger partial charge in [-0.25, -0.2) is 9.37 Å². The molecule has 0 saturated carbocycles. The number of rotatable bonds is 4. The maximum Gasteiger partial charge on any atom is 0.416 e. The molecule has 1 aliphatic heterocycles. The zero-order chi connectivity index (χ0) is 20.5. The molecule has 0 aliphatic carbocycles. The van der Waals surface area contributed by atoms with Crippen molar-refractivity contribution in [2.45, 2.75) is 51.9 Å². The highest BCUT2D eigenvalue weighted by Crippen LogP contribution is 2.37. The lowest BCUT2D eigenvalue weighted by Gasteiger charge is -2.33. The number of nitrogens with zero attached hydrogens (tertiary/aromatic N) is 2. The van der Waals surface area contributed by atoms with Gasteiger partial charge in [0.1, 0.15) is 5.82 Å². The quantitative estimate of drug-likeness (QED) is 0.689. The van der Waals surface area contributed by atoms with Gasteiger partial charge in [0.25, 0.3) is 0 Å². The highest BCUT2D eigenvalue weighted by molar-refractivity contribution is 7.16. The van der Waals surface area contributed by atoms with Crippen molar-refractivity contribution in [3.63, 3.8) is 0 Å². The highest BCUT2D eigenvalue weighted by atomic mass is 32.1. The van der Waals surface area contributed by atoms with Gasteiger partial charge in [-0.1, -0.05) is 17.8 Å². The van der Waals surface area contributed by atoms with Gasteiger partial charge in [0.2, 0.25) is 5.91 Å². The Morgan fingerprint density at radius 1 is 1.32 bits per heavy atom. The molecule has 28 heavy (non-hydrogen) atoms. The molecule has 1 aromatic heterocycles. The van der Waals surface area contributed by atoms with Crippen LogP contribution in [0.5, 0.6) is 0 Å². The van der Waals surface area contributed by atoms with Crippen molar-refractivity contribution in [1.29, 1.82) is 0 Å². The van der Waals surface area contributed by atoms with E-state index in [1.807, 2.05) is 0 Å². The molecule has 1 amide bonds. The van der Waals surface area contributed by atoms with Gasteiger partial charge in [0.05, 0.1) is 11.3 Å². The maximum absolute atomic E-state index is 13.9. The molecule has 0 spiro atoms. The monoisotopic (exact) mass is 415 g/mol. The van der Waals surface area contributed by atoms with Crippen LogP contribution < -0.4 is 5.32 Å². The summed E-state index contributed by atoms with van der Waals surface area (Å²) >= 11 is 1.21. The average Bonchev–Trinajstić information content (AvgIpc) is 2.97. The Hall–Kier alpha value is -2.00. The van der Waals surface area contributed by atoms with Crippen molar-refractivity contribution >= 4 is 22.4 Å². The van der Waals surface area contributed by atoms with Crippen molar-refractivity contribution in [2.24, 2.45) is 0 Å². The van der Waals surface area contributed by atoms with Crippen LogP contribution in [0.4, 0.5) is 22.7 Å². The number of piperidine rings is 1. The van der Waals surface area contributed by atoms with Crippen molar-refractivity contribution in [1.82, 2.24) is 9.88 Å². The third-order valence-electron chi connectivity index (χ3n) is 4.77. The summed E-state index contributed by atoms with van der Waals surface area (Å²) in [5, 5.41) is 2.87. The molecule has 1 atom stereocenters. The molecule has 1 N–H and O–H groups in total. The van der Waals surface area contributed by atoms with E-state index in [1.54, 1.807) is 0 Å². The van der Waals surface area contributed by atoms with Crippen LogP contribution in [0.2, 0.25) is 0 Å². The number of hydrogen-bond acceptors (Lipinski definition) is 4. The van der Waals surface area contributed by atoms with E-state index >= 15 is 0 Å².